The lowest BCUT2D eigenvalue weighted by Gasteiger charge is -2.21. The van der Waals surface area contributed by atoms with Crippen LogP contribution in [0.4, 0.5) is 0 Å². The van der Waals surface area contributed by atoms with E-state index in [4.69, 9.17) is 44.1 Å². The highest BCUT2D eigenvalue weighted by Gasteiger charge is 2.21. The molecule has 0 bridgehead atoms. The lowest BCUT2D eigenvalue weighted by atomic mass is 9.95. The Morgan fingerprint density at radius 1 is 0.957 bits per heavy atom. The van der Waals surface area contributed by atoms with Gasteiger partial charge in [-0.1, -0.05) is 41.4 Å². The topological polar surface area (TPSA) is 70.5 Å². The fraction of sp³-hybridized carbons (Fsp3) is 0.294. The van der Waals surface area contributed by atoms with E-state index in [9.17, 15) is 0 Å². The van der Waals surface area contributed by atoms with Crippen LogP contribution in [0.25, 0.3) is 0 Å². The molecule has 0 saturated carbocycles. The smallest absolute Gasteiger partial charge is 0.123 e. The van der Waals surface area contributed by atoms with Crippen LogP contribution >= 0.6 is 23.2 Å². The maximum Gasteiger partial charge on any atom is 0.123 e. The molecule has 4 nitrogen and oxygen atoms in total. The van der Waals surface area contributed by atoms with E-state index in [1.807, 2.05) is 24.3 Å². The minimum atomic E-state index is -0.402. The molecule has 2 atom stereocenters. The summed E-state index contributed by atoms with van der Waals surface area (Å²) in [6.07, 6.45) is 0.478. The van der Waals surface area contributed by atoms with Crippen LogP contribution in [0, 0.1) is 0 Å². The normalized spacial score (nSPS) is 13.5. The highest BCUT2D eigenvalue weighted by molar-refractivity contribution is 6.36. The summed E-state index contributed by atoms with van der Waals surface area (Å²) in [5.74, 6) is 1.32. The van der Waals surface area contributed by atoms with Gasteiger partial charge in [-0.05, 0) is 24.6 Å². The quantitative estimate of drug-likeness (QED) is 0.818. The maximum atomic E-state index is 6.30. The van der Waals surface area contributed by atoms with Gasteiger partial charge in [-0.2, -0.15) is 0 Å². The lowest BCUT2D eigenvalue weighted by Crippen LogP contribution is -2.21. The largest absolute Gasteiger partial charge is 0.497 e. The summed E-state index contributed by atoms with van der Waals surface area (Å²) < 4.78 is 10.5. The fourth-order valence-corrected chi connectivity index (χ4v) is 3.27. The van der Waals surface area contributed by atoms with E-state index in [1.54, 1.807) is 26.4 Å². The van der Waals surface area contributed by atoms with Crippen LogP contribution in [0.3, 0.4) is 0 Å². The number of benzene rings is 2. The highest BCUT2D eigenvalue weighted by Crippen LogP contribution is 2.37. The summed E-state index contributed by atoms with van der Waals surface area (Å²) in [7, 11) is 3.17. The van der Waals surface area contributed by atoms with Gasteiger partial charge in [-0.25, -0.2) is 0 Å². The second-order valence-corrected chi connectivity index (χ2v) is 6.01. The first-order valence-corrected chi connectivity index (χ1v) is 7.90. The molecule has 2 unspecified atom stereocenters. The van der Waals surface area contributed by atoms with Crippen molar-refractivity contribution in [2.75, 3.05) is 14.2 Å². The maximum absolute atomic E-state index is 6.30. The van der Waals surface area contributed by atoms with Crippen LogP contribution in [0.15, 0.2) is 36.4 Å². The van der Waals surface area contributed by atoms with Gasteiger partial charge in [0.25, 0.3) is 0 Å². The number of nitrogens with two attached hydrogens (primary N) is 2. The predicted molar refractivity (Wildman–Crippen MR) is 94.5 cm³/mol. The van der Waals surface area contributed by atoms with Crippen molar-refractivity contribution >= 4 is 23.2 Å². The molecule has 4 N–H and O–H groups in total. The van der Waals surface area contributed by atoms with Crippen LogP contribution in [0.1, 0.15) is 29.6 Å². The molecule has 6 heteroatoms. The number of ether oxygens (including phenoxy) is 2. The summed E-state index contributed by atoms with van der Waals surface area (Å²) in [6.45, 7) is 0. The molecule has 0 spiro atoms. The van der Waals surface area contributed by atoms with Crippen molar-refractivity contribution in [3.8, 4) is 11.5 Å². The molecule has 0 aliphatic carbocycles. The lowest BCUT2D eigenvalue weighted by molar-refractivity contribution is 0.402. The van der Waals surface area contributed by atoms with Crippen LogP contribution in [0.2, 0.25) is 10.0 Å². The number of para-hydroxylation sites is 1. The molecule has 2 aromatic carbocycles. The van der Waals surface area contributed by atoms with Crippen molar-refractivity contribution < 1.29 is 9.47 Å². The van der Waals surface area contributed by atoms with E-state index in [1.165, 1.54) is 0 Å². The summed E-state index contributed by atoms with van der Waals surface area (Å²) >= 11 is 12.6. The average molecular weight is 355 g/mol. The van der Waals surface area contributed by atoms with E-state index < -0.39 is 6.04 Å². The zero-order valence-electron chi connectivity index (χ0n) is 13.1. The summed E-state index contributed by atoms with van der Waals surface area (Å²) in [5.41, 5.74) is 14.1. The first-order chi connectivity index (χ1) is 11.0. The van der Waals surface area contributed by atoms with Gasteiger partial charge < -0.3 is 20.9 Å². The molecular weight excluding hydrogens is 335 g/mol. The van der Waals surface area contributed by atoms with Crippen LogP contribution in [0.5, 0.6) is 11.5 Å². The van der Waals surface area contributed by atoms with Gasteiger partial charge >= 0.3 is 0 Å². The van der Waals surface area contributed by atoms with Crippen molar-refractivity contribution in [3.05, 3.63) is 57.6 Å². The Kier molecular flexibility index (Phi) is 6.13. The highest BCUT2D eigenvalue weighted by atomic mass is 35.5. The minimum absolute atomic E-state index is 0.296. The number of halogens is 2. The van der Waals surface area contributed by atoms with Crippen LogP contribution in [-0.4, -0.2) is 14.2 Å². The third kappa shape index (κ3) is 4.09. The summed E-state index contributed by atoms with van der Waals surface area (Å²) in [5, 5.41) is 0.933. The van der Waals surface area contributed by atoms with Crippen molar-refractivity contribution in [1.82, 2.24) is 0 Å². The Labute approximate surface area is 146 Å². The molecule has 0 saturated heterocycles. The molecule has 2 rings (SSSR count). The van der Waals surface area contributed by atoms with Crippen molar-refractivity contribution in [3.63, 3.8) is 0 Å². The average Bonchev–Trinajstić information content (AvgIpc) is 2.53. The van der Waals surface area contributed by atoms with Crippen molar-refractivity contribution in [2.45, 2.75) is 18.5 Å². The number of hydrogen-bond acceptors (Lipinski definition) is 4. The van der Waals surface area contributed by atoms with E-state index in [0.29, 0.717) is 27.8 Å². The second-order valence-electron chi connectivity index (χ2n) is 5.20. The van der Waals surface area contributed by atoms with E-state index >= 15 is 0 Å². The van der Waals surface area contributed by atoms with Crippen LogP contribution < -0.4 is 20.9 Å². The Morgan fingerprint density at radius 3 is 2.13 bits per heavy atom. The van der Waals surface area contributed by atoms with Gasteiger partial charge in [0, 0.05) is 23.2 Å². The summed E-state index contributed by atoms with van der Waals surface area (Å²) in [6, 6.07) is 10.3. The van der Waals surface area contributed by atoms with E-state index in [0.717, 1.165) is 11.3 Å². The Balaban J connectivity index is 2.23. The molecule has 2 aromatic rings. The fourth-order valence-electron chi connectivity index (χ4n) is 2.52. The molecule has 0 radical (unpaired) electrons. The SMILES string of the molecule is COc1cc(Cl)c(C(N)CC(N)c2ccccc2OC)c(Cl)c1. The van der Waals surface area contributed by atoms with E-state index in [-0.39, 0.29) is 6.04 Å². The first kappa shape index (κ1) is 17.9. The third-order valence-electron chi connectivity index (χ3n) is 3.71. The van der Waals surface area contributed by atoms with Gasteiger partial charge in [0.2, 0.25) is 0 Å². The zero-order chi connectivity index (χ0) is 17.0. The van der Waals surface area contributed by atoms with Gasteiger partial charge in [0.1, 0.15) is 11.5 Å². The first-order valence-electron chi connectivity index (χ1n) is 7.15. The zero-order valence-corrected chi connectivity index (χ0v) is 14.6. The van der Waals surface area contributed by atoms with Gasteiger partial charge in [-0.3, -0.25) is 0 Å². The molecule has 23 heavy (non-hydrogen) atoms. The standard InChI is InChI=1S/C17H20Cl2N2O2/c1-22-10-7-12(18)17(13(19)8-10)15(21)9-14(20)11-5-3-4-6-16(11)23-2/h3-8,14-15H,9,20-21H2,1-2H3. The molecular formula is C17H20Cl2N2O2. The van der Waals surface area contributed by atoms with Crippen molar-refractivity contribution in [2.24, 2.45) is 11.5 Å². The third-order valence-corrected chi connectivity index (χ3v) is 4.33. The van der Waals surface area contributed by atoms with E-state index in [2.05, 4.69) is 0 Å². The number of hydrogen-bond donors (Lipinski definition) is 2. The minimum Gasteiger partial charge on any atom is -0.497 e. The molecule has 0 fully saturated rings. The van der Waals surface area contributed by atoms with Crippen LogP contribution in [-0.2, 0) is 0 Å². The molecule has 0 aliphatic rings. The number of rotatable bonds is 6. The molecule has 0 aliphatic heterocycles. The Morgan fingerprint density at radius 2 is 1.57 bits per heavy atom. The molecule has 0 heterocycles. The summed E-state index contributed by atoms with van der Waals surface area (Å²) in [4.78, 5) is 0. The monoisotopic (exact) mass is 354 g/mol. The van der Waals surface area contributed by atoms with Gasteiger partial charge in [-0.15, -0.1) is 0 Å². The van der Waals surface area contributed by atoms with Gasteiger partial charge in [0.05, 0.1) is 24.3 Å². The molecule has 0 aromatic heterocycles. The Bertz CT molecular complexity index is 656. The van der Waals surface area contributed by atoms with Crippen molar-refractivity contribution in [1.29, 1.82) is 0 Å². The second kappa shape index (κ2) is 7.88. The molecule has 124 valence electrons. The number of methoxy groups -OCH3 is 2. The molecule has 0 amide bonds. The Hall–Kier alpha value is -1.46. The van der Waals surface area contributed by atoms with Gasteiger partial charge in [0.15, 0.2) is 0 Å². The predicted octanol–water partition coefficient (Wildman–Crippen LogP) is 4.10.